The maximum Gasteiger partial charge on any atom is 0.258 e. The van der Waals surface area contributed by atoms with Gasteiger partial charge in [-0.2, -0.15) is 4.98 Å². The van der Waals surface area contributed by atoms with Crippen molar-refractivity contribution in [3.63, 3.8) is 0 Å². The molecule has 26 heavy (non-hydrogen) atoms. The van der Waals surface area contributed by atoms with Gasteiger partial charge in [0.2, 0.25) is 0 Å². The van der Waals surface area contributed by atoms with Gasteiger partial charge < -0.3 is 19.1 Å². The molecule has 0 amide bonds. The second-order valence-corrected chi connectivity index (χ2v) is 6.72. The van der Waals surface area contributed by atoms with Gasteiger partial charge >= 0.3 is 0 Å². The molecule has 8 nitrogen and oxygen atoms in total. The third kappa shape index (κ3) is 3.20. The maximum atomic E-state index is 10.6. The van der Waals surface area contributed by atoms with E-state index in [1.165, 1.54) is 0 Å². The van der Waals surface area contributed by atoms with E-state index in [1.807, 2.05) is 29.9 Å². The molecule has 0 radical (unpaired) electrons. The molecule has 3 aromatic heterocycles. The van der Waals surface area contributed by atoms with Gasteiger partial charge in [0.05, 0.1) is 0 Å². The lowest BCUT2D eigenvalue weighted by atomic mass is 9.90. The van der Waals surface area contributed by atoms with Gasteiger partial charge in [0.25, 0.3) is 5.89 Å². The summed E-state index contributed by atoms with van der Waals surface area (Å²) < 4.78 is 7.13. The standard InChI is InChI=1S/C18H22N6O2/c1-12-21-18(26-22-12)14-3-6-19-15(11-14)24-8-4-13(5-9-24)16(25)17-20-7-10-23(17)2/h3,6-7,10-11,13,16,25H,4-5,8-9H2,1-2H3. The van der Waals surface area contributed by atoms with Gasteiger partial charge in [-0.15, -0.1) is 0 Å². The van der Waals surface area contributed by atoms with Gasteiger partial charge in [0.1, 0.15) is 17.7 Å². The number of aryl methyl sites for hydroxylation is 2. The number of imidazole rings is 1. The molecular formula is C18H22N6O2. The Kier molecular flexibility index (Phi) is 4.42. The lowest BCUT2D eigenvalue weighted by Crippen LogP contribution is -2.36. The van der Waals surface area contributed by atoms with E-state index >= 15 is 0 Å². The predicted molar refractivity (Wildman–Crippen MR) is 95.4 cm³/mol. The van der Waals surface area contributed by atoms with Crippen molar-refractivity contribution in [1.82, 2.24) is 24.7 Å². The first-order valence-corrected chi connectivity index (χ1v) is 8.79. The number of aromatic nitrogens is 5. The SMILES string of the molecule is Cc1noc(-c2ccnc(N3CCC(C(O)c4nccn4C)CC3)c2)n1. The molecule has 1 aliphatic heterocycles. The lowest BCUT2D eigenvalue weighted by Gasteiger charge is -2.34. The molecule has 0 spiro atoms. The van der Waals surface area contributed by atoms with Crippen LogP contribution in [0.25, 0.3) is 11.5 Å². The van der Waals surface area contributed by atoms with Crippen molar-refractivity contribution in [3.05, 3.63) is 42.4 Å². The average molecular weight is 354 g/mol. The number of aliphatic hydroxyl groups excluding tert-OH is 1. The van der Waals surface area contributed by atoms with Crippen LogP contribution in [-0.4, -0.2) is 42.9 Å². The topological polar surface area (TPSA) is 93.1 Å². The molecule has 1 fully saturated rings. The predicted octanol–water partition coefficient (Wildman–Crippen LogP) is 2.12. The Balaban J connectivity index is 1.44. The lowest BCUT2D eigenvalue weighted by molar-refractivity contribution is 0.0824. The zero-order valence-electron chi connectivity index (χ0n) is 14.9. The van der Waals surface area contributed by atoms with Gasteiger partial charge in [-0.05, 0) is 37.8 Å². The van der Waals surface area contributed by atoms with Crippen LogP contribution in [0.1, 0.15) is 30.6 Å². The Bertz CT molecular complexity index is 881. The van der Waals surface area contributed by atoms with Crippen LogP contribution in [0.2, 0.25) is 0 Å². The Morgan fingerprint density at radius 3 is 2.69 bits per heavy atom. The fourth-order valence-electron chi connectivity index (χ4n) is 3.46. The Hall–Kier alpha value is -2.74. The molecule has 4 rings (SSSR count). The molecule has 136 valence electrons. The summed E-state index contributed by atoms with van der Waals surface area (Å²) in [6.07, 6.45) is 6.60. The summed E-state index contributed by atoms with van der Waals surface area (Å²) >= 11 is 0. The largest absolute Gasteiger partial charge is 0.385 e. The zero-order chi connectivity index (χ0) is 18.1. The van der Waals surface area contributed by atoms with Crippen LogP contribution in [0.4, 0.5) is 5.82 Å². The number of anilines is 1. The quantitative estimate of drug-likeness (QED) is 0.767. The Morgan fingerprint density at radius 1 is 1.23 bits per heavy atom. The normalized spacial score (nSPS) is 16.8. The molecule has 0 saturated carbocycles. The highest BCUT2D eigenvalue weighted by atomic mass is 16.5. The maximum absolute atomic E-state index is 10.6. The number of hydrogen-bond acceptors (Lipinski definition) is 7. The van der Waals surface area contributed by atoms with Gasteiger partial charge in [-0.3, -0.25) is 0 Å². The van der Waals surface area contributed by atoms with Gasteiger partial charge in [0.15, 0.2) is 5.82 Å². The van der Waals surface area contributed by atoms with Crippen LogP contribution in [-0.2, 0) is 7.05 Å². The first kappa shape index (κ1) is 16.7. The van der Waals surface area contributed by atoms with Crippen LogP contribution >= 0.6 is 0 Å². The number of piperidine rings is 1. The molecule has 0 aliphatic carbocycles. The molecule has 1 N–H and O–H groups in total. The molecule has 1 aliphatic rings. The van der Waals surface area contributed by atoms with Crippen molar-refractivity contribution in [2.24, 2.45) is 13.0 Å². The van der Waals surface area contributed by atoms with Crippen molar-refractivity contribution in [1.29, 1.82) is 0 Å². The molecule has 0 bridgehead atoms. The number of hydrogen-bond donors (Lipinski definition) is 1. The van der Waals surface area contributed by atoms with Gasteiger partial charge in [-0.25, -0.2) is 9.97 Å². The van der Waals surface area contributed by atoms with Crippen molar-refractivity contribution in [2.75, 3.05) is 18.0 Å². The first-order valence-electron chi connectivity index (χ1n) is 8.79. The third-order valence-corrected chi connectivity index (χ3v) is 4.95. The summed E-state index contributed by atoms with van der Waals surface area (Å²) in [4.78, 5) is 15.3. The van der Waals surface area contributed by atoms with Crippen molar-refractivity contribution in [3.8, 4) is 11.5 Å². The second-order valence-electron chi connectivity index (χ2n) is 6.72. The van der Waals surface area contributed by atoms with Crippen LogP contribution in [0.15, 0.2) is 35.2 Å². The fourth-order valence-corrected chi connectivity index (χ4v) is 3.46. The molecule has 3 aromatic rings. The van der Waals surface area contributed by atoms with E-state index in [2.05, 4.69) is 25.0 Å². The van der Waals surface area contributed by atoms with Gasteiger partial charge in [-0.1, -0.05) is 5.16 Å². The molecule has 1 unspecified atom stereocenters. The highest BCUT2D eigenvalue weighted by Gasteiger charge is 2.29. The summed E-state index contributed by atoms with van der Waals surface area (Å²) in [6, 6.07) is 3.84. The third-order valence-electron chi connectivity index (χ3n) is 4.95. The van der Waals surface area contributed by atoms with Gasteiger partial charge in [0, 0.05) is 44.3 Å². The molecule has 1 saturated heterocycles. The number of aliphatic hydroxyl groups is 1. The Morgan fingerprint density at radius 2 is 2.04 bits per heavy atom. The minimum atomic E-state index is -0.530. The van der Waals surface area contributed by atoms with Crippen LogP contribution < -0.4 is 4.90 Å². The van der Waals surface area contributed by atoms with Crippen molar-refractivity contribution >= 4 is 5.82 Å². The van der Waals surface area contributed by atoms with E-state index in [0.717, 1.165) is 43.1 Å². The second kappa shape index (κ2) is 6.87. The summed E-state index contributed by atoms with van der Waals surface area (Å²) in [5.41, 5.74) is 0.866. The number of pyridine rings is 1. The first-order chi connectivity index (χ1) is 12.6. The summed E-state index contributed by atoms with van der Waals surface area (Å²) in [5.74, 6) is 2.95. The highest BCUT2D eigenvalue weighted by Crippen LogP contribution is 2.32. The van der Waals surface area contributed by atoms with Crippen molar-refractivity contribution in [2.45, 2.75) is 25.9 Å². The van der Waals surface area contributed by atoms with E-state index in [1.54, 1.807) is 19.3 Å². The zero-order valence-corrected chi connectivity index (χ0v) is 14.9. The Labute approximate surface area is 151 Å². The molecule has 8 heteroatoms. The van der Waals surface area contributed by atoms with E-state index < -0.39 is 6.10 Å². The summed E-state index contributed by atoms with van der Waals surface area (Å²) in [5, 5.41) is 14.5. The molecular weight excluding hydrogens is 332 g/mol. The van der Waals surface area contributed by atoms with E-state index in [4.69, 9.17) is 4.52 Å². The van der Waals surface area contributed by atoms with Crippen molar-refractivity contribution < 1.29 is 9.63 Å². The van der Waals surface area contributed by atoms with E-state index in [9.17, 15) is 5.11 Å². The molecule has 0 aromatic carbocycles. The average Bonchev–Trinajstić information content (AvgIpc) is 3.30. The molecule has 1 atom stereocenters. The van der Waals surface area contributed by atoms with Crippen LogP contribution in [0.3, 0.4) is 0 Å². The summed E-state index contributed by atoms with van der Waals surface area (Å²) in [6.45, 7) is 3.48. The van der Waals surface area contributed by atoms with E-state index in [-0.39, 0.29) is 5.92 Å². The molecule has 4 heterocycles. The monoisotopic (exact) mass is 354 g/mol. The number of nitrogens with zero attached hydrogens (tertiary/aromatic N) is 6. The van der Waals surface area contributed by atoms with Crippen LogP contribution in [0.5, 0.6) is 0 Å². The smallest absolute Gasteiger partial charge is 0.258 e. The highest BCUT2D eigenvalue weighted by molar-refractivity contribution is 5.58. The summed E-state index contributed by atoms with van der Waals surface area (Å²) in [7, 11) is 1.91. The fraction of sp³-hybridized carbons (Fsp3) is 0.444. The minimum absolute atomic E-state index is 0.203. The number of rotatable bonds is 4. The van der Waals surface area contributed by atoms with Crippen LogP contribution in [0, 0.1) is 12.8 Å². The van der Waals surface area contributed by atoms with E-state index in [0.29, 0.717) is 11.7 Å². The minimum Gasteiger partial charge on any atom is -0.385 e.